The van der Waals surface area contributed by atoms with E-state index >= 15 is 0 Å². The van der Waals surface area contributed by atoms with Crippen LogP contribution < -0.4 is 0 Å². The van der Waals surface area contributed by atoms with E-state index in [9.17, 15) is 34.4 Å². The fraction of sp³-hybridized carbons (Fsp3) is 0.667. The molecule has 0 aliphatic heterocycles. The first-order valence-electron chi connectivity index (χ1n) is 2.68. The van der Waals surface area contributed by atoms with E-state index in [1.165, 1.54) is 0 Å². The van der Waals surface area contributed by atoms with Crippen molar-refractivity contribution in [2.24, 2.45) is 0 Å². The third kappa shape index (κ3) is 2.03. The third-order valence-corrected chi connectivity index (χ3v) is 2.47. The first-order valence-corrected chi connectivity index (χ1v) is 5.04. The first-order chi connectivity index (χ1) is 6.05. The zero-order valence-corrected chi connectivity index (χ0v) is 7.83. The van der Waals surface area contributed by atoms with Crippen LogP contribution in [-0.2, 0) is 21.4 Å². The molecule has 0 rings (SSSR count). The maximum Gasteiger partial charge on any atom is 0.411 e. The van der Waals surface area contributed by atoms with Gasteiger partial charge in [-0.15, -0.1) is 0 Å². The molecule has 0 saturated heterocycles. The smallest absolute Gasteiger partial charge is 0.288 e. The fourth-order valence-electron chi connectivity index (χ4n) is 0.372. The van der Waals surface area contributed by atoms with Gasteiger partial charge in [0.05, 0.1) is 0 Å². The van der Waals surface area contributed by atoms with Crippen LogP contribution in [0, 0.1) is 5.41 Å². The minimum atomic E-state index is -5.59. The predicted molar refractivity (Wildman–Crippen MR) is 38.3 cm³/mol. The van der Waals surface area contributed by atoms with Crippen LogP contribution in [0.2, 0.25) is 0 Å². The van der Waals surface area contributed by atoms with Gasteiger partial charge < -0.3 is 0 Å². The van der Waals surface area contributed by atoms with E-state index in [1.54, 1.807) is 0 Å². The molecule has 0 aliphatic rings. The topological polar surface area (TPSA) is 92.1 Å². The van der Waals surface area contributed by atoms with E-state index in [4.69, 9.17) is 5.41 Å². The van der Waals surface area contributed by atoms with Gasteiger partial charge in [-0.1, -0.05) is 0 Å². The number of rotatable bonds is 3. The molecule has 1 N–H and O–H groups in total. The molecule has 5 nitrogen and oxygen atoms in total. The second kappa shape index (κ2) is 3.81. The van der Waals surface area contributed by atoms with Crippen molar-refractivity contribution < 1.29 is 34.4 Å². The highest BCUT2D eigenvalue weighted by Crippen LogP contribution is 2.35. The quantitative estimate of drug-likeness (QED) is 0.273. The zero-order valence-electron chi connectivity index (χ0n) is 6.04. The Morgan fingerprint density at radius 3 is 1.57 bits per heavy atom. The Morgan fingerprint density at radius 2 is 1.36 bits per heavy atom. The van der Waals surface area contributed by atoms with E-state index < -0.39 is 37.6 Å². The van der Waals surface area contributed by atoms with Crippen molar-refractivity contribution in [2.75, 3.05) is 0 Å². The molecule has 0 fully saturated rings. The van der Waals surface area contributed by atoms with Crippen molar-refractivity contribution in [2.45, 2.75) is 11.2 Å². The molecule has 11 heteroatoms. The number of hydrogen-bond acceptors (Lipinski definition) is 5. The Labute approximate surface area is 78.1 Å². The maximum absolute atomic E-state index is 12.4. The molecule has 0 bridgehead atoms. The van der Waals surface area contributed by atoms with Crippen LogP contribution in [0.25, 0.3) is 0 Å². The molecule has 0 aromatic heterocycles. The molecular weight excluding hydrogens is 254 g/mol. The Hall–Kier alpha value is -0.710. The molecule has 0 radical (unpaired) electrons. The lowest BCUT2D eigenvalue weighted by atomic mass is 10.4. The molecule has 0 unspecified atom stereocenters. The lowest BCUT2D eigenvalue weighted by Crippen LogP contribution is -2.48. The highest BCUT2D eigenvalue weighted by Gasteiger charge is 2.63. The van der Waals surface area contributed by atoms with Gasteiger partial charge in [0, 0.05) is 0 Å². The van der Waals surface area contributed by atoms with E-state index in [1.807, 2.05) is 0 Å². The van der Waals surface area contributed by atoms with Crippen molar-refractivity contribution in [3.8, 4) is 0 Å². The molecule has 0 aromatic rings. The summed E-state index contributed by atoms with van der Waals surface area (Å²) in [5, 5.41) is -2.13. The zero-order chi connectivity index (χ0) is 11.7. The van der Waals surface area contributed by atoms with Crippen LogP contribution in [0.4, 0.5) is 17.6 Å². The summed E-state index contributed by atoms with van der Waals surface area (Å²) in [5.74, 6) is -5.54. The molecule has 0 saturated carbocycles. The normalized spacial score (nSPS) is 13.6. The minimum Gasteiger partial charge on any atom is -0.288 e. The summed E-state index contributed by atoms with van der Waals surface area (Å²) in [6, 6.07) is 0. The van der Waals surface area contributed by atoms with E-state index in [0.29, 0.717) is 0 Å². The van der Waals surface area contributed by atoms with Gasteiger partial charge in [0.15, 0.2) is 15.7 Å². The SMILES string of the molecule is N=C([SH](=O)=O)C(F)(F)C(F)(F)[SH](=O)=O. The average Bonchev–Trinajstić information content (AvgIpc) is 2.01. The molecule has 0 atom stereocenters. The molecule has 0 heterocycles. The van der Waals surface area contributed by atoms with Gasteiger partial charge in [-0.3, -0.25) is 5.41 Å². The lowest BCUT2D eigenvalue weighted by Gasteiger charge is -2.19. The predicted octanol–water partition coefficient (Wildman–Crippen LogP) is -0.585. The van der Waals surface area contributed by atoms with Gasteiger partial charge in [0.2, 0.25) is 10.7 Å². The molecule has 84 valence electrons. The average molecular weight is 257 g/mol. The van der Waals surface area contributed by atoms with E-state index in [2.05, 4.69) is 0 Å². The van der Waals surface area contributed by atoms with Gasteiger partial charge in [-0.2, -0.15) is 17.6 Å². The maximum atomic E-state index is 12.4. The summed E-state index contributed by atoms with van der Waals surface area (Å²) in [4.78, 5) is 0. The number of alkyl halides is 4. The van der Waals surface area contributed by atoms with Crippen LogP contribution in [0.1, 0.15) is 0 Å². The summed E-state index contributed by atoms with van der Waals surface area (Å²) < 4.78 is 88.1. The van der Waals surface area contributed by atoms with Gasteiger partial charge in [-0.05, 0) is 0 Å². The standard InChI is InChI=1S/C3H3F4NO4S2/c4-2(5,1(8)13(9)10)3(6,7)14(11)12/h8,13-14H. The van der Waals surface area contributed by atoms with Crippen LogP contribution >= 0.6 is 0 Å². The third-order valence-electron chi connectivity index (χ3n) is 1.09. The fourth-order valence-corrected chi connectivity index (χ4v) is 1.17. The van der Waals surface area contributed by atoms with Crippen LogP contribution in [-0.4, -0.2) is 33.1 Å². The largest absolute Gasteiger partial charge is 0.411 e. The van der Waals surface area contributed by atoms with Crippen molar-refractivity contribution in [3.63, 3.8) is 0 Å². The summed E-state index contributed by atoms with van der Waals surface area (Å²) in [7, 11) is -9.13. The van der Waals surface area contributed by atoms with Gasteiger partial charge >= 0.3 is 11.2 Å². The Bertz CT molecular complexity index is 381. The Kier molecular flexibility index (Phi) is 3.61. The van der Waals surface area contributed by atoms with Gasteiger partial charge in [0.1, 0.15) is 0 Å². The molecule has 0 aliphatic carbocycles. The van der Waals surface area contributed by atoms with Crippen LogP contribution in [0.5, 0.6) is 0 Å². The molecule has 0 amide bonds. The second-order valence-electron chi connectivity index (χ2n) is 1.98. The Morgan fingerprint density at radius 1 is 1.00 bits per heavy atom. The number of thiol groups is 2. The van der Waals surface area contributed by atoms with E-state index in [-0.39, 0.29) is 0 Å². The highest BCUT2D eigenvalue weighted by atomic mass is 32.2. The van der Waals surface area contributed by atoms with Crippen molar-refractivity contribution in [3.05, 3.63) is 0 Å². The number of hydrogen-bond donors (Lipinski definition) is 3. The van der Waals surface area contributed by atoms with Crippen molar-refractivity contribution >= 4 is 26.5 Å². The number of halogens is 4. The summed E-state index contributed by atoms with van der Waals surface area (Å²) in [6.45, 7) is 0. The first kappa shape index (κ1) is 13.3. The van der Waals surface area contributed by atoms with Gasteiger partial charge in [0.25, 0.3) is 0 Å². The van der Waals surface area contributed by atoms with Crippen molar-refractivity contribution in [1.82, 2.24) is 0 Å². The second-order valence-corrected chi connectivity index (χ2v) is 4.02. The lowest BCUT2D eigenvalue weighted by molar-refractivity contribution is -0.104. The summed E-state index contributed by atoms with van der Waals surface area (Å²) >= 11 is 0. The van der Waals surface area contributed by atoms with E-state index in [0.717, 1.165) is 0 Å². The summed E-state index contributed by atoms with van der Waals surface area (Å²) in [5.41, 5.74) is 0. The number of nitrogens with one attached hydrogen (secondary N) is 1. The molecular formula is C3H3F4NO4S2. The van der Waals surface area contributed by atoms with Gasteiger partial charge in [-0.25, -0.2) is 16.8 Å². The van der Waals surface area contributed by atoms with Crippen molar-refractivity contribution in [1.29, 1.82) is 5.41 Å². The van der Waals surface area contributed by atoms with Crippen LogP contribution in [0.15, 0.2) is 0 Å². The molecule has 0 spiro atoms. The Balaban J connectivity index is 5.46. The highest BCUT2D eigenvalue weighted by molar-refractivity contribution is 7.89. The molecule has 14 heavy (non-hydrogen) atoms. The van der Waals surface area contributed by atoms with Crippen LogP contribution in [0.3, 0.4) is 0 Å². The monoisotopic (exact) mass is 257 g/mol. The minimum absolute atomic E-state index is 2.64. The summed E-state index contributed by atoms with van der Waals surface area (Å²) in [6.07, 6.45) is 0. The molecule has 0 aromatic carbocycles.